The van der Waals surface area contributed by atoms with E-state index in [1.54, 1.807) is 6.08 Å². The monoisotopic (exact) mass is 366 g/mol. The number of amides is 1. The topological polar surface area (TPSA) is 119 Å². The Labute approximate surface area is 153 Å². The third kappa shape index (κ3) is 3.56. The molecule has 0 fully saturated rings. The van der Waals surface area contributed by atoms with Crippen LogP contribution in [0.5, 0.6) is 0 Å². The van der Waals surface area contributed by atoms with Gasteiger partial charge in [0.15, 0.2) is 0 Å². The van der Waals surface area contributed by atoms with E-state index in [9.17, 15) is 25.0 Å². The third-order valence-electron chi connectivity index (χ3n) is 4.06. The highest BCUT2D eigenvalue weighted by Crippen LogP contribution is 2.36. The second-order valence-electron chi connectivity index (χ2n) is 5.76. The van der Waals surface area contributed by atoms with Crippen molar-refractivity contribution >= 4 is 34.4 Å². The van der Waals surface area contributed by atoms with E-state index in [2.05, 4.69) is 11.6 Å². The lowest BCUT2D eigenvalue weighted by Crippen LogP contribution is -2.31. The molecule has 1 heterocycles. The first-order valence-electron chi connectivity index (χ1n) is 7.93. The Bertz CT molecular complexity index is 982. The zero-order valence-electron chi connectivity index (χ0n) is 14.1. The molecule has 0 aromatic heterocycles. The predicted molar refractivity (Wildman–Crippen MR) is 99.6 cm³/mol. The Kier molecular flexibility index (Phi) is 4.75. The fourth-order valence-corrected chi connectivity index (χ4v) is 2.77. The number of non-ortho nitro benzene ring substituents is 2. The van der Waals surface area contributed by atoms with Crippen molar-refractivity contribution in [3.8, 4) is 0 Å². The van der Waals surface area contributed by atoms with Crippen LogP contribution in [0, 0.1) is 20.2 Å². The number of hydrogen-bond donors (Lipinski definition) is 0. The summed E-state index contributed by atoms with van der Waals surface area (Å²) in [6.07, 6.45) is 1.51. The molecule has 0 saturated carbocycles. The predicted octanol–water partition coefficient (Wildman–Crippen LogP) is 3.55. The molecular formula is C18H14N4O5. The molecule has 1 aliphatic heterocycles. The van der Waals surface area contributed by atoms with E-state index in [1.807, 2.05) is 0 Å². The van der Waals surface area contributed by atoms with Gasteiger partial charge >= 0.3 is 0 Å². The van der Waals surface area contributed by atoms with Crippen LogP contribution in [0.4, 0.5) is 22.7 Å². The molecule has 3 rings (SSSR count). The standard InChI is InChI=1S/C18H14N4O5/c1-2-9-20-17-8-7-14(22(26)27)10-16(17)19-15(11-18(20)23)12-3-5-13(6-4-12)21(24)25/h2-8,10H,1,9,11H2. The van der Waals surface area contributed by atoms with Crippen LogP contribution in [0.2, 0.25) is 0 Å². The molecule has 1 aliphatic rings. The molecule has 9 nitrogen and oxygen atoms in total. The Morgan fingerprint density at radius 1 is 1.07 bits per heavy atom. The summed E-state index contributed by atoms with van der Waals surface area (Å²) in [5.41, 5.74) is 1.42. The van der Waals surface area contributed by atoms with Gasteiger partial charge in [-0.25, -0.2) is 4.99 Å². The van der Waals surface area contributed by atoms with Gasteiger partial charge in [-0.15, -0.1) is 6.58 Å². The summed E-state index contributed by atoms with van der Waals surface area (Å²) in [4.78, 5) is 39.5. The van der Waals surface area contributed by atoms with E-state index in [-0.39, 0.29) is 35.9 Å². The number of aliphatic imine (C=N–C) groups is 1. The van der Waals surface area contributed by atoms with Crippen molar-refractivity contribution in [2.45, 2.75) is 6.42 Å². The zero-order chi connectivity index (χ0) is 19.6. The number of anilines is 1. The van der Waals surface area contributed by atoms with Gasteiger partial charge in [0.2, 0.25) is 5.91 Å². The van der Waals surface area contributed by atoms with Crippen LogP contribution >= 0.6 is 0 Å². The third-order valence-corrected chi connectivity index (χ3v) is 4.06. The Morgan fingerprint density at radius 3 is 2.30 bits per heavy atom. The van der Waals surface area contributed by atoms with E-state index in [0.29, 0.717) is 17.0 Å². The van der Waals surface area contributed by atoms with Crippen LogP contribution in [0.1, 0.15) is 12.0 Å². The molecule has 27 heavy (non-hydrogen) atoms. The van der Waals surface area contributed by atoms with Crippen LogP contribution in [-0.2, 0) is 4.79 Å². The highest BCUT2D eigenvalue weighted by atomic mass is 16.6. The van der Waals surface area contributed by atoms with Gasteiger partial charge in [-0.1, -0.05) is 6.08 Å². The van der Waals surface area contributed by atoms with Gasteiger partial charge in [-0.2, -0.15) is 0 Å². The summed E-state index contributed by atoms with van der Waals surface area (Å²) >= 11 is 0. The van der Waals surface area contributed by atoms with Gasteiger partial charge in [-0.3, -0.25) is 25.0 Å². The molecule has 2 aromatic carbocycles. The van der Waals surface area contributed by atoms with Crippen molar-refractivity contribution < 1.29 is 14.6 Å². The van der Waals surface area contributed by atoms with Crippen LogP contribution in [-0.4, -0.2) is 28.0 Å². The molecule has 0 radical (unpaired) electrons. The first-order valence-corrected chi connectivity index (χ1v) is 7.93. The number of nitrogens with zero attached hydrogens (tertiary/aromatic N) is 4. The normalized spacial score (nSPS) is 13.4. The van der Waals surface area contributed by atoms with Gasteiger partial charge < -0.3 is 4.90 Å². The molecule has 0 atom stereocenters. The Balaban J connectivity index is 2.12. The maximum Gasteiger partial charge on any atom is 0.271 e. The molecule has 0 bridgehead atoms. The largest absolute Gasteiger partial charge is 0.306 e. The lowest BCUT2D eigenvalue weighted by atomic mass is 10.1. The lowest BCUT2D eigenvalue weighted by Gasteiger charge is -2.20. The lowest BCUT2D eigenvalue weighted by molar-refractivity contribution is -0.385. The molecular weight excluding hydrogens is 352 g/mol. The summed E-state index contributed by atoms with van der Waals surface area (Å²) in [6, 6.07) is 9.75. The average molecular weight is 366 g/mol. The van der Waals surface area contributed by atoms with Crippen molar-refractivity contribution in [3.63, 3.8) is 0 Å². The number of fused-ring (bicyclic) bond motifs is 1. The second-order valence-corrected chi connectivity index (χ2v) is 5.76. The molecule has 0 spiro atoms. The molecule has 1 amide bonds. The summed E-state index contributed by atoms with van der Waals surface area (Å²) in [6.45, 7) is 3.87. The van der Waals surface area contributed by atoms with E-state index >= 15 is 0 Å². The van der Waals surface area contributed by atoms with Crippen molar-refractivity contribution in [1.29, 1.82) is 0 Å². The molecule has 0 N–H and O–H groups in total. The maximum absolute atomic E-state index is 12.7. The van der Waals surface area contributed by atoms with Gasteiger partial charge in [0.05, 0.1) is 33.4 Å². The minimum atomic E-state index is -0.536. The minimum absolute atomic E-state index is 0.0475. The number of carbonyl (C=O) groups is 1. The number of hydrogen-bond acceptors (Lipinski definition) is 6. The van der Waals surface area contributed by atoms with E-state index in [0.717, 1.165) is 0 Å². The van der Waals surface area contributed by atoms with Gasteiger partial charge in [0.1, 0.15) is 0 Å². The number of carbonyl (C=O) groups excluding carboxylic acids is 1. The first-order chi connectivity index (χ1) is 12.9. The molecule has 0 saturated heterocycles. The quantitative estimate of drug-likeness (QED) is 0.455. The second kappa shape index (κ2) is 7.16. The van der Waals surface area contributed by atoms with Crippen LogP contribution < -0.4 is 4.90 Å². The summed E-state index contributed by atoms with van der Waals surface area (Å²) in [7, 11) is 0. The first kappa shape index (κ1) is 17.9. The summed E-state index contributed by atoms with van der Waals surface area (Å²) in [5, 5.41) is 21.9. The van der Waals surface area contributed by atoms with Gasteiger partial charge in [0.25, 0.3) is 11.4 Å². The van der Waals surface area contributed by atoms with Crippen molar-refractivity contribution in [2.75, 3.05) is 11.4 Å². The fraction of sp³-hybridized carbons (Fsp3) is 0.111. The van der Waals surface area contributed by atoms with Crippen LogP contribution in [0.15, 0.2) is 60.1 Å². The smallest absolute Gasteiger partial charge is 0.271 e. The number of benzene rings is 2. The van der Waals surface area contributed by atoms with Gasteiger partial charge in [0, 0.05) is 30.8 Å². The highest BCUT2D eigenvalue weighted by molar-refractivity contribution is 6.17. The summed E-state index contributed by atoms with van der Waals surface area (Å²) in [5.74, 6) is -0.250. The van der Waals surface area contributed by atoms with Crippen molar-refractivity contribution in [1.82, 2.24) is 0 Å². The highest BCUT2D eigenvalue weighted by Gasteiger charge is 2.26. The number of nitro benzene ring substituents is 2. The summed E-state index contributed by atoms with van der Waals surface area (Å²) < 4.78 is 0. The number of rotatable bonds is 5. The molecule has 2 aromatic rings. The maximum atomic E-state index is 12.7. The van der Waals surface area contributed by atoms with Gasteiger partial charge in [-0.05, 0) is 23.8 Å². The molecule has 136 valence electrons. The van der Waals surface area contributed by atoms with E-state index in [1.165, 1.54) is 47.4 Å². The Hall–Kier alpha value is -3.88. The van der Waals surface area contributed by atoms with Crippen LogP contribution in [0.25, 0.3) is 0 Å². The minimum Gasteiger partial charge on any atom is -0.306 e. The SMILES string of the molecule is C=CCN1C(=O)CC(c2ccc([N+](=O)[O-])cc2)=Nc2cc([N+](=O)[O-])ccc21. The zero-order valence-corrected chi connectivity index (χ0v) is 14.1. The average Bonchev–Trinajstić information content (AvgIpc) is 2.78. The van der Waals surface area contributed by atoms with E-state index < -0.39 is 9.85 Å². The molecule has 0 aliphatic carbocycles. The van der Waals surface area contributed by atoms with Crippen molar-refractivity contribution in [2.24, 2.45) is 4.99 Å². The van der Waals surface area contributed by atoms with Crippen molar-refractivity contribution in [3.05, 3.63) is 80.9 Å². The fourth-order valence-electron chi connectivity index (χ4n) is 2.77. The molecule has 0 unspecified atom stereocenters. The molecule has 9 heteroatoms. The Morgan fingerprint density at radius 2 is 1.70 bits per heavy atom. The number of nitro groups is 2. The van der Waals surface area contributed by atoms with E-state index in [4.69, 9.17) is 0 Å². The van der Waals surface area contributed by atoms with Crippen LogP contribution in [0.3, 0.4) is 0 Å².